The highest BCUT2D eigenvalue weighted by molar-refractivity contribution is 6.83. The fourth-order valence-corrected chi connectivity index (χ4v) is 2.90. The van der Waals surface area contributed by atoms with Crippen LogP contribution in [-0.4, -0.2) is 8.07 Å². The molecule has 0 saturated heterocycles. The normalized spacial score (nSPS) is 11.4. The Morgan fingerprint density at radius 2 is 1.87 bits per heavy atom. The van der Waals surface area contributed by atoms with Gasteiger partial charge in [-0.05, 0) is 36.5 Å². The quantitative estimate of drug-likeness (QED) is 0.431. The molecule has 0 amide bonds. The fourth-order valence-electron chi connectivity index (χ4n) is 1.44. The summed E-state index contributed by atoms with van der Waals surface area (Å²) >= 11 is 0. The van der Waals surface area contributed by atoms with E-state index in [0.717, 1.165) is 5.92 Å². The average Bonchev–Trinajstić information content (AvgIpc) is 2.08. The van der Waals surface area contributed by atoms with E-state index in [-0.39, 0.29) is 0 Å². The van der Waals surface area contributed by atoms with Gasteiger partial charge in [-0.25, -0.2) is 0 Å². The van der Waals surface area contributed by atoms with Gasteiger partial charge in [0.25, 0.3) is 0 Å². The van der Waals surface area contributed by atoms with Gasteiger partial charge >= 0.3 is 0 Å². The molecule has 0 aliphatic carbocycles. The maximum absolute atomic E-state index is 3.58. The Balaban J connectivity index is 4.55. The van der Waals surface area contributed by atoms with Crippen molar-refractivity contribution >= 4 is 8.07 Å². The highest BCUT2D eigenvalue weighted by Crippen LogP contribution is 2.19. The van der Waals surface area contributed by atoms with E-state index >= 15 is 0 Å². The highest BCUT2D eigenvalue weighted by atomic mass is 28.3. The second-order valence-corrected chi connectivity index (χ2v) is 10.9. The third-order valence-corrected chi connectivity index (χ3v) is 4.76. The Kier molecular flexibility index (Phi) is 6.96. The lowest BCUT2D eigenvalue weighted by Gasteiger charge is -2.18. The lowest BCUT2D eigenvalue weighted by molar-refractivity contribution is 0.664. The third-order valence-electron chi connectivity index (χ3n) is 2.55. The Morgan fingerprint density at radius 3 is 2.27 bits per heavy atom. The van der Waals surface area contributed by atoms with Crippen molar-refractivity contribution in [1.82, 2.24) is 0 Å². The lowest BCUT2D eigenvalue weighted by Crippen LogP contribution is -2.23. The van der Waals surface area contributed by atoms with Crippen molar-refractivity contribution in [3.63, 3.8) is 0 Å². The first kappa shape index (κ1) is 14.7. The summed E-state index contributed by atoms with van der Waals surface area (Å²) < 4.78 is 0. The van der Waals surface area contributed by atoms with Crippen molar-refractivity contribution < 1.29 is 0 Å². The van der Waals surface area contributed by atoms with Crippen LogP contribution in [0.4, 0.5) is 0 Å². The predicted octanol–water partition coefficient (Wildman–Crippen LogP) is 5.18. The lowest BCUT2D eigenvalue weighted by atomic mass is 10.1. The smallest absolute Gasteiger partial charge is 0.0823 e. The zero-order valence-corrected chi connectivity index (χ0v) is 12.5. The van der Waals surface area contributed by atoms with E-state index < -0.39 is 8.07 Å². The van der Waals surface area contributed by atoms with Crippen molar-refractivity contribution in [2.75, 3.05) is 0 Å². The summed E-state index contributed by atoms with van der Waals surface area (Å²) in [4.78, 5) is 0. The van der Waals surface area contributed by atoms with E-state index in [1.54, 1.807) is 5.20 Å². The molecule has 15 heavy (non-hydrogen) atoms. The SMILES string of the molecule is CCCCC(=C=CCC(C)C)[Si](C)(C)C. The molecule has 0 aromatic carbocycles. The summed E-state index contributed by atoms with van der Waals surface area (Å²) in [6.07, 6.45) is 7.30. The third kappa shape index (κ3) is 7.64. The van der Waals surface area contributed by atoms with Gasteiger partial charge in [0.2, 0.25) is 0 Å². The standard InChI is InChI=1S/C14H28Si/c1-7-8-11-14(15(4,5)6)12-9-10-13(2)3/h9,13H,7-8,10-11H2,1-6H3. The van der Waals surface area contributed by atoms with E-state index in [0.29, 0.717) is 0 Å². The van der Waals surface area contributed by atoms with Crippen LogP contribution in [0.1, 0.15) is 46.5 Å². The van der Waals surface area contributed by atoms with Crippen molar-refractivity contribution in [3.05, 3.63) is 17.0 Å². The summed E-state index contributed by atoms with van der Waals surface area (Å²) in [5, 5.41) is 1.62. The molecule has 0 heterocycles. The van der Waals surface area contributed by atoms with Gasteiger partial charge in [-0.2, -0.15) is 0 Å². The molecule has 0 aliphatic heterocycles. The van der Waals surface area contributed by atoms with Crippen molar-refractivity contribution in [1.29, 1.82) is 0 Å². The fraction of sp³-hybridized carbons (Fsp3) is 0.786. The van der Waals surface area contributed by atoms with Crippen LogP contribution in [0, 0.1) is 5.92 Å². The number of allylic oxidation sites excluding steroid dienone is 1. The number of unbranched alkanes of at least 4 members (excludes halogenated alkanes) is 1. The van der Waals surface area contributed by atoms with Crippen LogP contribution in [0.5, 0.6) is 0 Å². The van der Waals surface area contributed by atoms with Gasteiger partial charge in [0.15, 0.2) is 0 Å². The molecule has 0 nitrogen and oxygen atoms in total. The van der Waals surface area contributed by atoms with Crippen LogP contribution in [-0.2, 0) is 0 Å². The molecule has 0 fully saturated rings. The van der Waals surface area contributed by atoms with Gasteiger partial charge in [-0.3, -0.25) is 0 Å². The van der Waals surface area contributed by atoms with Gasteiger partial charge in [-0.15, -0.1) is 5.73 Å². The molecule has 0 aromatic rings. The Hall–Kier alpha value is -0.263. The monoisotopic (exact) mass is 224 g/mol. The summed E-state index contributed by atoms with van der Waals surface area (Å²) in [6, 6.07) is 0. The predicted molar refractivity (Wildman–Crippen MR) is 73.9 cm³/mol. The molecule has 88 valence electrons. The minimum Gasteiger partial charge on any atom is -0.131 e. The highest BCUT2D eigenvalue weighted by Gasteiger charge is 2.18. The maximum atomic E-state index is 3.58. The zero-order valence-electron chi connectivity index (χ0n) is 11.5. The first-order chi connectivity index (χ1) is 6.88. The molecule has 0 aromatic heterocycles. The molecule has 0 unspecified atom stereocenters. The molecule has 0 atom stereocenters. The minimum atomic E-state index is -1.12. The molecule has 0 saturated carbocycles. The van der Waals surface area contributed by atoms with Crippen molar-refractivity contribution in [2.24, 2.45) is 5.92 Å². The number of rotatable bonds is 6. The largest absolute Gasteiger partial charge is 0.131 e. The maximum Gasteiger partial charge on any atom is 0.0823 e. The van der Waals surface area contributed by atoms with Gasteiger partial charge in [-0.1, -0.05) is 46.8 Å². The average molecular weight is 224 g/mol. The Labute approximate surface area is 97.5 Å². The number of hydrogen-bond donors (Lipinski definition) is 0. The van der Waals surface area contributed by atoms with Crippen LogP contribution in [0.15, 0.2) is 17.0 Å². The van der Waals surface area contributed by atoms with Crippen LogP contribution in [0.2, 0.25) is 19.6 Å². The summed E-state index contributed by atoms with van der Waals surface area (Å²) in [5.41, 5.74) is 3.58. The zero-order chi connectivity index (χ0) is 11.9. The van der Waals surface area contributed by atoms with E-state index in [4.69, 9.17) is 0 Å². The molecule has 0 aliphatic rings. The molecule has 0 rings (SSSR count). The molecular formula is C14H28Si. The molecule has 0 radical (unpaired) electrons. The summed E-state index contributed by atoms with van der Waals surface area (Å²) in [6.45, 7) is 14.1. The summed E-state index contributed by atoms with van der Waals surface area (Å²) in [7, 11) is -1.12. The van der Waals surface area contributed by atoms with Crippen LogP contribution in [0.3, 0.4) is 0 Å². The second kappa shape index (κ2) is 7.08. The minimum absolute atomic E-state index is 0.756. The number of hydrogen-bond acceptors (Lipinski definition) is 0. The Morgan fingerprint density at radius 1 is 1.27 bits per heavy atom. The Bertz CT molecular complexity index is 224. The van der Waals surface area contributed by atoms with Crippen molar-refractivity contribution in [3.8, 4) is 0 Å². The van der Waals surface area contributed by atoms with E-state index in [1.807, 2.05) is 0 Å². The van der Waals surface area contributed by atoms with E-state index in [1.165, 1.54) is 25.7 Å². The second-order valence-electron chi connectivity index (χ2n) is 5.81. The van der Waals surface area contributed by atoms with Crippen LogP contribution >= 0.6 is 0 Å². The first-order valence-electron chi connectivity index (χ1n) is 6.32. The van der Waals surface area contributed by atoms with E-state index in [9.17, 15) is 0 Å². The summed E-state index contributed by atoms with van der Waals surface area (Å²) in [5.74, 6) is 0.756. The van der Waals surface area contributed by atoms with Gasteiger partial charge < -0.3 is 0 Å². The molecule has 1 heteroatoms. The van der Waals surface area contributed by atoms with Crippen LogP contribution in [0.25, 0.3) is 0 Å². The van der Waals surface area contributed by atoms with Gasteiger partial charge in [0.1, 0.15) is 0 Å². The van der Waals surface area contributed by atoms with Gasteiger partial charge in [0, 0.05) is 0 Å². The topological polar surface area (TPSA) is 0 Å². The molecular weight excluding hydrogens is 196 g/mol. The van der Waals surface area contributed by atoms with Crippen LogP contribution < -0.4 is 0 Å². The van der Waals surface area contributed by atoms with E-state index in [2.05, 4.69) is 52.2 Å². The molecule has 0 N–H and O–H groups in total. The van der Waals surface area contributed by atoms with Gasteiger partial charge in [0.05, 0.1) is 8.07 Å². The van der Waals surface area contributed by atoms with Crippen molar-refractivity contribution in [2.45, 2.75) is 66.1 Å². The molecule has 0 bridgehead atoms. The first-order valence-corrected chi connectivity index (χ1v) is 9.82. The molecule has 0 spiro atoms.